The van der Waals surface area contributed by atoms with E-state index in [0.29, 0.717) is 0 Å². The number of amides is 1. The number of nitrogens with one attached hydrogen (secondary N) is 1. The molecule has 0 fully saturated rings. The van der Waals surface area contributed by atoms with Crippen molar-refractivity contribution in [3.05, 3.63) is 70.3 Å². The van der Waals surface area contributed by atoms with Crippen molar-refractivity contribution < 1.29 is 24.0 Å². The lowest BCUT2D eigenvalue weighted by Crippen LogP contribution is -2.33. The summed E-state index contributed by atoms with van der Waals surface area (Å²) in [5, 5.41) is 13.8. The molecule has 8 heteroatoms. The minimum atomic E-state index is -0.792. The maximum atomic E-state index is 12.1. The first-order valence-electron chi connectivity index (χ1n) is 8.87. The van der Waals surface area contributed by atoms with Crippen LogP contribution in [-0.2, 0) is 14.3 Å². The summed E-state index contributed by atoms with van der Waals surface area (Å²) in [5.74, 6) is -1.26. The predicted molar refractivity (Wildman–Crippen MR) is 102 cm³/mol. The molecule has 0 saturated carbocycles. The molecule has 0 aliphatic heterocycles. The fraction of sp³-hybridized carbons (Fsp3) is 0.300. The number of nitro benzene ring substituents is 1. The van der Waals surface area contributed by atoms with Crippen LogP contribution in [0.3, 0.4) is 0 Å². The van der Waals surface area contributed by atoms with Gasteiger partial charge in [-0.25, -0.2) is 4.79 Å². The minimum absolute atomic E-state index is 0.0408. The Morgan fingerprint density at radius 3 is 2.43 bits per heavy atom. The summed E-state index contributed by atoms with van der Waals surface area (Å²) in [5.41, 5.74) is 0.724. The molecule has 0 radical (unpaired) electrons. The highest BCUT2D eigenvalue weighted by Crippen LogP contribution is 2.25. The van der Waals surface area contributed by atoms with E-state index >= 15 is 0 Å². The molecular weight excluding hydrogens is 364 g/mol. The Bertz CT molecular complexity index is 809. The lowest BCUT2D eigenvalue weighted by Gasteiger charge is -2.18. The second-order valence-electron chi connectivity index (χ2n) is 5.99. The van der Waals surface area contributed by atoms with Gasteiger partial charge >= 0.3 is 11.7 Å². The van der Waals surface area contributed by atoms with Gasteiger partial charge in [-0.1, -0.05) is 55.8 Å². The number of para-hydroxylation sites is 2. The van der Waals surface area contributed by atoms with Crippen molar-refractivity contribution in [1.82, 2.24) is 5.32 Å². The van der Waals surface area contributed by atoms with Crippen molar-refractivity contribution in [2.75, 3.05) is 13.2 Å². The van der Waals surface area contributed by atoms with Crippen LogP contribution in [0, 0.1) is 10.1 Å². The van der Waals surface area contributed by atoms with Gasteiger partial charge in [-0.3, -0.25) is 14.9 Å². The third kappa shape index (κ3) is 6.39. The summed E-state index contributed by atoms with van der Waals surface area (Å²) in [4.78, 5) is 34.2. The average molecular weight is 386 g/mol. The van der Waals surface area contributed by atoms with Gasteiger partial charge in [0.1, 0.15) is 0 Å². The lowest BCUT2D eigenvalue weighted by atomic mass is 10.0. The number of nitrogens with zero attached hydrogens (tertiary/aromatic N) is 1. The highest BCUT2D eigenvalue weighted by molar-refractivity contribution is 5.81. The van der Waals surface area contributed by atoms with Gasteiger partial charge in [-0.2, -0.15) is 0 Å². The van der Waals surface area contributed by atoms with Crippen LogP contribution in [-0.4, -0.2) is 30.0 Å². The van der Waals surface area contributed by atoms with Crippen LogP contribution in [0.4, 0.5) is 5.69 Å². The standard InChI is InChI=1S/C20H22N2O6/c1-2-8-16(15-9-4-3-5-10-15)21-19(23)13-28-20(24)14-27-18-12-7-6-11-17(18)22(25)26/h3-7,9-12,16H,2,8,13-14H2,1H3,(H,21,23)/t16-/m0/s1. The topological polar surface area (TPSA) is 108 Å². The molecule has 0 unspecified atom stereocenters. The fourth-order valence-corrected chi connectivity index (χ4v) is 2.59. The quantitative estimate of drug-likeness (QED) is 0.382. The zero-order valence-corrected chi connectivity index (χ0v) is 15.5. The summed E-state index contributed by atoms with van der Waals surface area (Å²) in [6.45, 7) is 1.03. The minimum Gasteiger partial charge on any atom is -0.475 e. The predicted octanol–water partition coefficient (Wildman–Crippen LogP) is 3.17. The van der Waals surface area contributed by atoms with E-state index in [2.05, 4.69) is 5.32 Å². The van der Waals surface area contributed by atoms with Gasteiger partial charge in [0.25, 0.3) is 5.91 Å². The molecule has 0 spiro atoms. The fourth-order valence-electron chi connectivity index (χ4n) is 2.59. The van der Waals surface area contributed by atoms with Crippen molar-refractivity contribution in [3.8, 4) is 5.75 Å². The van der Waals surface area contributed by atoms with Crippen LogP contribution < -0.4 is 10.1 Å². The Morgan fingerprint density at radius 1 is 1.07 bits per heavy atom. The van der Waals surface area contributed by atoms with E-state index in [-0.39, 0.29) is 17.5 Å². The van der Waals surface area contributed by atoms with Gasteiger partial charge < -0.3 is 14.8 Å². The molecule has 0 aliphatic rings. The summed E-state index contributed by atoms with van der Waals surface area (Å²) >= 11 is 0. The summed E-state index contributed by atoms with van der Waals surface area (Å²) in [6, 6.07) is 15.1. The first-order valence-corrected chi connectivity index (χ1v) is 8.87. The molecule has 0 saturated heterocycles. The maximum absolute atomic E-state index is 12.1. The van der Waals surface area contributed by atoms with Crippen LogP contribution in [0.1, 0.15) is 31.4 Å². The van der Waals surface area contributed by atoms with Crippen molar-refractivity contribution in [3.63, 3.8) is 0 Å². The molecule has 2 aromatic carbocycles. The smallest absolute Gasteiger partial charge is 0.344 e. The number of esters is 1. The third-order valence-corrected chi connectivity index (χ3v) is 3.89. The van der Waals surface area contributed by atoms with E-state index in [1.165, 1.54) is 18.2 Å². The second kappa shape index (κ2) is 10.7. The maximum Gasteiger partial charge on any atom is 0.344 e. The molecule has 1 amide bonds. The van der Waals surface area contributed by atoms with Gasteiger partial charge in [-0.15, -0.1) is 0 Å². The van der Waals surface area contributed by atoms with Gasteiger partial charge in [0.05, 0.1) is 11.0 Å². The molecule has 0 aromatic heterocycles. The Morgan fingerprint density at radius 2 is 1.75 bits per heavy atom. The number of benzene rings is 2. The van der Waals surface area contributed by atoms with E-state index in [0.717, 1.165) is 18.4 Å². The number of rotatable bonds is 10. The van der Waals surface area contributed by atoms with Crippen LogP contribution in [0.5, 0.6) is 5.75 Å². The van der Waals surface area contributed by atoms with Gasteiger partial charge in [-0.05, 0) is 18.1 Å². The summed E-state index contributed by atoms with van der Waals surface area (Å²) in [6.07, 6.45) is 1.63. The molecule has 148 valence electrons. The Labute approximate surface area is 162 Å². The highest BCUT2D eigenvalue weighted by atomic mass is 16.6. The largest absolute Gasteiger partial charge is 0.475 e. The van der Waals surface area contributed by atoms with Crippen LogP contribution >= 0.6 is 0 Å². The number of hydrogen-bond acceptors (Lipinski definition) is 6. The average Bonchev–Trinajstić information content (AvgIpc) is 2.71. The van der Waals surface area contributed by atoms with E-state index < -0.39 is 30.0 Å². The number of hydrogen-bond donors (Lipinski definition) is 1. The lowest BCUT2D eigenvalue weighted by molar-refractivity contribution is -0.385. The Kier molecular flexibility index (Phi) is 7.95. The molecule has 28 heavy (non-hydrogen) atoms. The van der Waals surface area contributed by atoms with E-state index in [9.17, 15) is 19.7 Å². The Balaban J connectivity index is 1.82. The number of carbonyl (C=O) groups excluding carboxylic acids is 2. The Hall–Kier alpha value is -3.42. The molecule has 0 heterocycles. The zero-order valence-electron chi connectivity index (χ0n) is 15.5. The zero-order chi connectivity index (χ0) is 20.4. The van der Waals surface area contributed by atoms with Gasteiger partial charge in [0, 0.05) is 6.07 Å². The van der Waals surface area contributed by atoms with E-state index in [1.54, 1.807) is 6.07 Å². The number of nitro groups is 1. The third-order valence-electron chi connectivity index (χ3n) is 3.89. The second-order valence-corrected chi connectivity index (χ2v) is 5.99. The van der Waals surface area contributed by atoms with Gasteiger partial charge in [0.15, 0.2) is 19.0 Å². The molecule has 1 atom stereocenters. The summed E-state index contributed by atoms with van der Waals surface area (Å²) < 4.78 is 10.0. The van der Waals surface area contributed by atoms with Crippen molar-refractivity contribution in [1.29, 1.82) is 0 Å². The van der Waals surface area contributed by atoms with Crippen molar-refractivity contribution in [2.45, 2.75) is 25.8 Å². The van der Waals surface area contributed by atoms with Crippen molar-refractivity contribution in [2.24, 2.45) is 0 Å². The molecule has 0 bridgehead atoms. The molecule has 1 N–H and O–H groups in total. The monoisotopic (exact) mass is 386 g/mol. The molecule has 0 aliphatic carbocycles. The van der Waals surface area contributed by atoms with E-state index in [1.807, 2.05) is 37.3 Å². The van der Waals surface area contributed by atoms with Gasteiger partial charge in [0.2, 0.25) is 0 Å². The van der Waals surface area contributed by atoms with Crippen molar-refractivity contribution >= 4 is 17.6 Å². The van der Waals surface area contributed by atoms with Crippen LogP contribution in [0.15, 0.2) is 54.6 Å². The molecule has 2 rings (SSSR count). The first kappa shape index (κ1) is 20.9. The highest BCUT2D eigenvalue weighted by Gasteiger charge is 2.17. The number of carbonyl (C=O) groups is 2. The molecular formula is C20H22N2O6. The molecule has 2 aromatic rings. The normalized spacial score (nSPS) is 11.3. The molecule has 8 nitrogen and oxygen atoms in total. The van der Waals surface area contributed by atoms with Crippen LogP contribution in [0.2, 0.25) is 0 Å². The van der Waals surface area contributed by atoms with E-state index in [4.69, 9.17) is 9.47 Å². The SMILES string of the molecule is CCC[C@H](NC(=O)COC(=O)COc1ccccc1[N+](=O)[O-])c1ccccc1. The first-order chi connectivity index (χ1) is 13.5. The van der Waals surface area contributed by atoms with Crippen LogP contribution in [0.25, 0.3) is 0 Å². The summed E-state index contributed by atoms with van der Waals surface area (Å²) in [7, 11) is 0. The number of ether oxygens (including phenoxy) is 2.